The van der Waals surface area contributed by atoms with Gasteiger partial charge in [-0.05, 0) is 46.8 Å². The molecule has 3 atom stereocenters. The summed E-state index contributed by atoms with van der Waals surface area (Å²) in [5.74, 6) is -0.230. The third kappa shape index (κ3) is 3.10. The maximum atomic E-state index is 11.0. The Bertz CT molecular complexity index is 686. The predicted octanol–water partition coefficient (Wildman–Crippen LogP) is 2.43. The topological polar surface area (TPSA) is 127 Å². The third-order valence-corrected chi connectivity index (χ3v) is 4.56. The van der Waals surface area contributed by atoms with Crippen LogP contribution in [0, 0.1) is 20.2 Å². The summed E-state index contributed by atoms with van der Waals surface area (Å²) in [5.41, 5.74) is 0.334. The van der Waals surface area contributed by atoms with Gasteiger partial charge in [0.05, 0.1) is 11.3 Å². The van der Waals surface area contributed by atoms with Crippen molar-refractivity contribution in [3.05, 3.63) is 67.5 Å². The largest absolute Gasteiger partial charge is 0.508 e. The molecule has 0 bridgehead atoms. The Labute approximate surface area is 140 Å². The zero-order valence-corrected chi connectivity index (χ0v) is 13.1. The van der Waals surface area contributed by atoms with Crippen LogP contribution in [-0.4, -0.2) is 36.2 Å². The Kier molecular flexibility index (Phi) is 4.52. The molecule has 2 rings (SSSR count). The average molecular weight is 363 g/mol. The molecule has 10 heteroatoms. The van der Waals surface area contributed by atoms with Crippen LogP contribution in [0.5, 0.6) is 0 Å². The number of allylic oxidation sites excluding steroid dienone is 3. The molecule has 0 amide bonds. The summed E-state index contributed by atoms with van der Waals surface area (Å²) < 4.78 is 0. The van der Waals surface area contributed by atoms with Gasteiger partial charge in [-0.25, -0.2) is 0 Å². The number of aliphatic hydroxyl groups is 2. The van der Waals surface area contributed by atoms with Gasteiger partial charge in [0.15, 0.2) is 6.10 Å². The summed E-state index contributed by atoms with van der Waals surface area (Å²) in [6.07, 6.45) is 3.85. The van der Waals surface area contributed by atoms with E-state index in [0.29, 0.717) is 0 Å². The minimum Gasteiger partial charge on any atom is -0.508 e. The van der Waals surface area contributed by atoms with Gasteiger partial charge in [-0.3, -0.25) is 20.2 Å². The van der Waals surface area contributed by atoms with Crippen LogP contribution >= 0.6 is 23.2 Å². The molecule has 124 valence electrons. The van der Waals surface area contributed by atoms with Gasteiger partial charge in [0, 0.05) is 17.1 Å². The van der Waals surface area contributed by atoms with Crippen molar-refractivity contribution < 1.29 is 20.1 Å². The van der Waals surface area contributed by atoms with E-state index in [4.69, 9.17) is 23.2 Å². The molecular weight excluding hydrogens is 351 g/mol. The van der Waals surface area contributed by atoms with Crippen molar-refractivity contribution in [2.45, 2.75) is 28.9 Å². The lowest BCUT2D eigenvalue weighted by Gasteiger charge is -2.27. The molecule has 8 nitrogen and oxygen atoms in total. The Morgan fingerprint density at radius 1 is 1.26 bits per heavy atom. The minimum atomic E-state index is -2.22. The minimum absolute atomic E-state index is 0.133. The molecule has 0 aliphatic heterocycles. The van der Waals surface area contributed by atoms with Gasteiger partial charge in [0.2, 0.25) is 0 Å². The zero-order chi connectivity index (χ0) is 17.4. The molecule has 0 radical (unpaired) electrons. The summed E-state index contributed by atoms with van der Waals surface area (Å²) in [6.45, 7) is 0. The van der Waals surface area contributed by atoms with E-state index in [0.717, 1.165) is 18.2 Å². The number of rotatable bonds is 4. The molecule has 0 aromatic rings. The molecule has 0 spiro atoms. The van der Waals surface area contributed by atoms with Crippen LogP contribution in [0.25, 0.3) is 0 Å². The first-order valence-corrected chi connectivity index (χ1v) is 7.19. The van der Waals surface area contributed by atoms with Gasteiger partial charge in [-0.15, -0.1) is 0 Å². The van der Waals surface area contributed by atoms with E-state index in [1.54, 1.807) is 0 Å². The summed E-state index contributed by atoms with van der Waals surface area (Å²) in [4.78, 5) is 16.4. The molecular formula is C13H12Cl2N2O6. The van der Waals surface area contributed by atoms with Crippen LogP contribution in [0.1, 0.15) is 12.8 Å². The van der Waals surface area contributed by atoms with Crippen molar-refractivity contribution >= 4 is 23.2 Å². The second-order valence-electron chi connectivity index (χ2n) is 5.24. The molecule has 0 saturated carbocycles. The van der Waals surface area contributed by atoms with Crippen molar-refractivity contribution in [3.63, 3.8) is 0 Å². The van der Waals surface area contributed by atoms with Crippen LogP contribution in [0.2, 0.25) is 0 Å². The number of aliphatic hydroxyl groups excluding tert-OH is 2. The first-order chi connectivity index (χ1) is 10.6. The first kappa shape index (κ1) is 17.5. The van der Waals surface area contributed by atoms with Crippen molar-refractivity contribution in [3.8, 4) is 0 Å². The normalized spacial score (nSPS) is 33.5. The van der Waals surface area contributed by atoms with E-state index in [9.17, 15) is 30.4 Å². The molecule has 0 aromatic carbocycles. The number of nitro groups is 2. The SMILES string of the molecule is O=[N+]([O-])C1(Cl)C=CC(O)=C(CC2=CC=CC(Cl)([N+](=O)[O-])C2O)C1. The van der Waals surface area contributed by atoms with Gasteiger partial charge in [0.25, 0.3) is 0 Å². The van der Waals surface area contributed by atoms with Crippen molar-refractivity contribution in [2.75, 3.05) is 0 Å². The highest BCUT2D eigenvalue weighted by Gasteiger charge is 2.49. The lowest BCUT2D eigenvalue weighted by molar-refractivity contribution is -0.538. The van der Waals surface area contributed by atoms with Gasteiger partial charge in [0.1, 0.15) is 5.76 Å². The molecule has 0 saturated heterocycles. The fourth-order valence-electron chi connectivity index (χ4n) is 2.36. The highest BCUT2D eigenvalue weighted by molar-refractivity contribution is 6.25. The summed E-state index contributed by atoms with van der Waals surface area (Å²) in [5, 5.41) is 42.0. The number of hydrogen-bond donors (Lipinski definition) is 2. The number of halogens is 2. The monoisotopic (exact) mass is 362 g/mol. The van der Waals surface area contributed by atoms with Gasteiger partial charge < -0.3 is 10.2 Å². The molecule has 2 aliphatic rings. The lowest BCUT2D eigenvalue weighted by Crippen LogP contribution is -2.45. The fraction of sp³-hybridized carbons (Fsp3) is 0.385. The molecule has 3 unspecified atom stereocenters. The predicted molar refractivity (Wildman–Crippen MR) is 82.4 cm³/mol. The lowest BCUT2D eigenvalue weighted by atomic mass is 9.87. The molecule has 23 heavy (non-hydrogen) atoms. The van der Waals surface area contributed by atoms with Crippen molar-refractivity contribution in [1.29, 1.82) is 0 Å². The van der Waals surface area contributed by atoms with E-state index < -0.39 is 25.9 Å². The van der Waals surface area contributed by atoms with Crippen LogP contribution in [-0.2, 0) is 0 Å². The number of nitrogens with zero attached hydrogens (tertiary/aromatic N) is 2. The Hall–Kier alpha value is -1.90. The summed E-state index contributed by atoms with van der Waals surface area (Å²) in [7, 11) is 0. The van der Waals surface area contributed by atoms with Gasteiger partial charge >= 0.3 is 10.00 Å². The van der Waals surface area contributed by atoms with E-state index in [2.05, 4.69) is 0 Å². The number of hydrogen-bond acceptors (Lipinski definition) is 6. The Morgan fingerprint density at radius 2 is 1.91 bits per heavy atom. The van der Waals surface area contributed by atoms with Gasteiger partial charge in [-0.1, -0.05) is 12.2 Å². The zero-order valence-electron chi connectivity index (χ0n) is 11.6. The van der Waals surface area contributed by atoms with Crippen molar-refractivity contribution in [2.24, 2.45) is 0 Å². The molecule has 0 heterocycles. The van der Waals surface area contributed by atoms with Crippen molar-refractivity contribution in [1.82, 2.24) is 0 Å². The van der Waals surface area contributed by atoms with E-state index in [1.807, 2.05) is 0 Å². The second kappa shape index (κ2) is 5.95. The van der Waals surface area contributed by atoms with E-state index in [1.165, 1.54) is 12.2 Å². The highest BCUT2D eigenvalue weighted by Crippen LogP contribution is 2.39. The summed E-state index contributed by atoms with van der Waals surface area (Å²) >= 11 is 11.7. The van der Waals surface area contributed by atoms with Crippen LogP contribution in [0.15, 0.2) is 47.3 Å². The first-order valence-electron chi connectivity index (χ1n) is 6.43. The smallest absolute Gasteiger partial charge is 0.343 e. The maximum absolute atomic E-state index is 11.0. The van der Waals surface area contributed by atoms with Gasteiger partial charge in [-0.2, -0.15) is 0 Å². The maximum Gasteiger partial charge on any atom is 0.343 e. The molecule has 0 fully saturated rings. The van der Waals surface area contributed by atoms with Crippen LogP contribution < -0.4 is 0 Å². The van der Waals surface area contributed by atoms with E-state index in [-0.39, 0.29) is 29.7 Å². The molecule has 2 N–H and O–H groups in total. The van der Waals surface area contributed by atoms with E-state index >= 15 is 0 Å². The quantitative estimate of drug-likeness (QED) is 0.342. The third-order valence-electron chi connectivity index (χ3n) is 3.70. The van der Waals surface area contributed by atoms with Crippen LogP contribution in [0.4, 0.5) is 0 Å². The standard InChI is InChI=1S/C13H12Cl2N2O6/c14-12(16(20)21)5-3-10(18)9(7-12)6-8-2-1-4-13(15,11(8)19)17(22)23/h1-5,11,18-19H,6-7H2. The second-order valence-corrected chi connectivity index (χ2v) is 6.50. The molecule has 0 aromatic heterocycles. The van der Waals surface area contributed by atoms with Crippen LogP contribution in [0.3, 0.4) is 0 Å². The number of alkyl halides is 2. The summed E-state index contributed by atoms with van der Waals surface area (Å²) in [6, 6.07) is 0. The highest BCUT2D eigenvalue weighted by atomic mass is 35.5. The average Bonchev–Trinajstić information content (AvgIpc) is 2.47. The Balaban J connectivity index is 2.27. The molecule has 2 aliphatic carbocycles. The Morgan fingerprint density at radius 3 is 2.48 bits per heavy atom. The fourth-order valence-corrected chi connectivity index (χ4v) is 2.80.